The van der Waals surface area contributed by atoms with Gasteiger partial charge in [0, 0.05) is 23.6 Å². The van der Waals surface area contributed by atoms with Gasteiger partial charge in [0.05, 0.1) is 17.3 Å². The molecule has 1 N–H and O–H groups in total. The Labute approximate surface area is 115 Å². The summed E-state index contributed by atoms with van der Waals surface area (Å²) < 4.78 is 5.10. The van der Waals surface area contributed by atoms with E-state index in [-0.39, 0.29) is 5.97 Å². The zero-order valence-electron chi connectivity index (χ0n) is 10.6. The van der Waals surface area contributed by atoms with E-state index in [0.29, 0.717) is 10.6 Å². The maximum Gasteiger partial charge on any atom is 0.308 e. The van der Waals surface area contributed by atoms with Crippen LogP contribution in [0.5, 0.6) is 5.06 Å². The maximum absolute atomic E-state index is 10.9. The molecule has 0 radical (unpaired) electrons. The van der Waals surface area contributed by atoms with E-state index in [1.165, 1.54) is 18.3 Å². The fourth-order valence-corrected chi connectivity index (χ4v) is 2.45. The fourth-order valence-electron chi connectivity index (χ4n) is 1.54. The Hall–Kier alpha value is -2.32. The molecule has 0 spiro atoms. The van der Waals surface area contributed by atoms with Gasteiger partial charge in [0.1, 0.15) is 0 Å². The normalized spacial score (nSPS) is 9.74. The molecular formula is C14H12N2O2S. The number of ether oxygens (including phenoxy) is 1. The minimum atomic E-state index is -0.324. The number of carbonyl (C=O) groups excluding carboxylic acids is 1. The van der Waals surface area contributed by atoms with E-state index in [9.17, 15) is 4.79 Å². The largest absolute Gasteiger partial charge is 0.415 e. The number of esters is 1. The van der Waals surface area contributed by atoms with Crippen molar-refractivity contribution in [2.75, 3.05) is 5.32 Å². The van der Waals surface area contributed by atoms with Crippen molar-refractivity contribution >= 4 is 28.7 Å². The number of carbonyl (C=O) groups is 1. The molecule has 1 aromatic carbocycles. The predicted molar refractivity (Wildman–Crippen MR) is 74.8 cm³/mol. The van der Waals surface area contributed by atoms with E-state index < -0.39 is 0 Å². The highest BCUT2D eigenvalue weighted by Gasteiger charge is 2.10. The lowest BCUT2D eigenvalue weighted by atomic mass is 10.2. The summed E-state index contributed by atoms with van der Waals surface area (Å²) in [7, 11) is 0. The van der Waals surface area contributed by atoms with E-state index >= 15 is 0 Å². The van der Waals surface area contributed by atoms with Crippen LogP contribution in [-0.2, 0) is 4.79 Å². The van der Waals surface area contributed by atoms with E-state index in [2.05, 4.69) is 11.4 Å². The molecule has 1 aromatic heterocycles. The molecule has 0 bridgehead atoms. The van der Waals surface area contributed by atoms with E-state index in [4.69, 9.17) is 10.00 Å². The summed E-state index contributed by atoms with van der Waals surface area (Å²) >= 11 is 1.37. The summed E-state index contributed by atoms with van der Waals surface area (Å²) in [6.07, 6.45) is 0. The first kappa shape index (κ1) is 13.1. The highest BCUT2D eigenvalue weighted by Crippen LogP contribution is 2.35. The maximum atomic E-state index is 10.9. The number of anilines is 2. The molecule has 96 valence electrons. The van der Waals surface area contributed by atoms with Gasteiger partial charge in [-0.25, -0.2) is 0 Å². The van der Waals surface area contributed by atoms with Crippen molar-refractivity contribution in [1.29, 1.82) is 5.26 Å². The molecule has 19 heavy (non-hydrogen) atoms. The topological polar surface area (TPSA) is 62.1 Å². The van der Waals surface area contributed by atoms with Gasteiger partial charge >= 0.3 is 5.97 Å². The summed E-state index contributed by atoms with van der Waals surface area (Å²) in [5, 5.41) is 14.5. The summed E-state index contributed by atoms with van der Waals surface area (Å²) in [5.41, 5.74) is 3.29. The third-order valence-electron chi connectivity index (χ3n) is 2.52. The third-order valence-corrected chi connectivity index (χ3v) is 3.48. The molecule has 0 aliphatic carbocycles. The molecule has 4 nitrogen and oxygen atoms in total. The van der Waals surface area contributed by atoms with Gasteiger partial charge in [-0.15, -0.1) is 11.3 Å². The van der Waals surface area contributed by atoms with Crippen molar-refractivity contribution in [3.8, 4) is 11.1 Å². The van der Waals surface area contributed by atoms with Crippen molar-refractivity contribution in [3.05, 3.63) is 40.8 Å². The Morgan fingerprint density at radius 1 is 1.37 bits per heavy atom. The number of thiophene rings is 1. The van der Waals surface area contributed by atoms with Gasteiger partial charge in [-0.1, -0.05) is 0 Å². The van der Waals surface area contributed by atoms with Gasteiger partial charge in [-0.2, -0.15) is 5.26 Å². The molecule has 0 aliphatic heterocycles. The number of nitriles is 1. The monoisotopic (exact) mass is 272 g/mol. The molecule has 0 unspecified atom stereocenters. The third kappa shape index (κ3) is 3.12. The van der Waals surface area contributed by atoms with Crippen molar-refractivity contribution in [2.45, 2.75) is 13.8 Å². The van der Waals surface area contributed by atoms with Crippen molar-refractivity contribution in [1.82, 2.24) is 0 Å². The van der Waals surface area contributed by atoms with Crippen LogP contribution in [0, 0.1) is 18.3 Å². The van der Waals surface area contributed by atoms with Crippen LogP contribution in [0.25, 0.3) is 0 Å². The molecule has 5 heteroatoms. The van der Waals surface area contributed by atoms with Crippen LogP contribution in [0.2, 0.25) is 0 Å². The lowest BCUT2D eigenvalue weighted by Crippen LogP contribution is -2.01. The van der Waals surface area contributed by atoms with Crippen LogP contribution in [0.15, 0.2) is 29.6 Å². The van der Waals surface area contributed by atoms with Crippen LogP contribution < -0.4 is 10.1 Å². The summed E-state index contributed by atoms with van der Waals surface area (Å²) in [6.45, 7) is 3.27. The molecular weight excluding hydrogens is 260 g/mol. The van der Waals surface area contributed by atoms with Crippen molar-refractivity contribution in [2.24, 2.45) is 0 Å². The number of nitrogens with one attached hydrogen (secondary N) is 1. The Bertz CT molecular complexity index is 638. The summed E-state index contributed by atoms with van der Waals surface area (Å²) in [6, 6.07) is 9.23. The van der Waals surface area contributed by atoms with Gasteiger partial charge in [-0.05, 0) is 31.2 Å². The Morgan fingerprint density at radius 2 is 2.05 bits per heavy atom. The number of hydrogen-bond donors (Lipinski definition) is 1. The second-order valence-corrected chi connectivity index (χ2v) is 4.81. The molecule has 2 aromatic rings. The quantitative estimate of drug-likeness (QED) is 0.867. The summed E-state index contributed by atoms with van der Waals surface area (Å²) in [5.74, 6) is -0.324. The molecule has 0 saturated heterocycles. The average molecular weight is 272 g/mol. The van der Waals surface area contributed by atoms with E-state index in [1.54, 1.807) is 12.1 Å². The van der Waals surface area contributed by atoms with Crippen LogP contribution in [0.1, 0.15) is 18.1 Å². The molecule has 0 fully saturated rings. The zero-order valence-corrected chi connectivity index (χ0v) is 11.4. The molecule has 0 saturated carbocycles. The smallest absolute Gasteiger partial charge is 0.308 e. The van der Waals surface area contributed by atoms with Crippen molar-refractivity contribution < 1.29 is 9.53 Å². The SMILES string of the molecule is CC(=O)Oc1scc(Nc2ccc(C#N)cc2)c1C. The average Bonchev–Trinajstić information content (AvgIpc) is 2.72. The minimum absolute atomic E-state index is 0.324. The first-order valence-electron chi connectivity index (χ1n) is 5.64. The second kappa shape index (κ2) is 5.55. The molecule has 1 heterocycles. The fraction of sp³-hybridized carbons (Fsp3) is 0.143. The summed E-state index contributed by atoms with van der Waals surface area (Å²) in [4.78, 5) is 10.9. The lowest BCUT2D eigenvalue weighted by molar-refractivity contribution is -0.131. The first-order valence-corrected chi connectivity index (χ1v) is 6.52. The van der Waals surface area contributed by atoms with E-state index in [1.807, 2.05) is 24.4 Å². The minimum Gasteiger partial charge on any atom is -0.415 e. The highest BCUT2D eigenvalue weighted by molar-refractivity contribution is 7.12. The predicted octanol–water partition coefficient (Wildman–Crippen LogP) is 3.60. The van der Waals surface area contributed by atoms with Crippen LogP contribution >= 0.6 is 11.3 Å². The molecule has 2 rings (SSSR count). The Balaban J connectivity index is 2.17. The lowest BCUT2D eigenvalue weighted by Gasteiger charge is -2.06. The van der Waals surface area contributed by atoms with Gasteiger partial charge in [0.25, 0.3) is 0 Å². The Kier molecular flexibility index (Phi) is 3.83. The van der Waals surface area contributed by atoms with Crippen LogP contribution in [0.3, 0.4) is 0 Å². The van der Waals surface area contributed by atoms with Crippen LogP contribution in [-0.4, -0.2) is 5.97 Å². The second-order valence-electron chi connectivity index (χ2n) is 3.97. The standard InChI is InChI=1S/C14H12N2O2S/c1-9-13(8-19-14(9)18-10(2)17)16-12-5-3-11(7-15)4-6-12/h3-6,8,16H,1-2H3. The number of nitrogens with zero attached hydrogens (tertiary/aromatic N) is 1. The van der Waals surface area contributed by atoms with Gasteiger partial charge in [0.2, 0.25) is 0 Å². The molecule has 0 atom stereocenters. The van der Waals surface area contributed by atoms with E-state index in [0.717, 1.165) is 16.9 Å². The number of hydrogen-bond acceptors (Lipinski definition) is 5. The zero-order chi connectivity index (χ0) is 13.8. The molecule has 0 aliphatic rings. The van der Waals surface area contributed by atoms with Gasteiger partial charge in [-0.3, -0.25) is 4.79 Å². The Morgan fingerprint density at radius 3 is 2.63 bits per heavy atom. The highest BCUT2D eigenvalue weighted by atomic mass is 32.1. The number of rotatable bonds is 3. The van der Waals surface area contributed by atoms with Gasteiger partial charge < -0.3 is 10.1 Å². The molecule has 0 amide bonds. The number of benzene rings is 1. The van der Waals surface area contributed by atoms with Crippen molar-refractivity contribution in [3.63, 3.8) is 0 Å². The first-order chi connectivity index (χ1) is 9.10. The van der Waals surface area contributed by atoms with Gasteiger partial charge in [0.15, 0.2) is 5.06 Å². The van der Waals surface area contributed by atoms with Crippen LogP contribution in [0.4, 0.5) is 11.4 Å².